The van der Waals surface area contributed by atoms with Gasteiger partial charge in [-0.2, -0.15) is 4.31 Å². The normalized spacial score (nSPS) is 12.3. The molecule has 2 aromatic rings. The summed E-state index contributed by atoms with van der Waals surface area (Å²) in [4.78, 5) is 37.1. The van der Waals surface area contributed by atoms with Crippen LogP contribution in [-0.4, -0.2) is 50.1 Å². The molecule has 2 rings (SSSR count). The summed E-state index contributed by atoms with van der Waals surface area (Å²) < 4.78 is 39.1. The summed E-state index contributed by atoms with van der Waals surface area (Å²) in [7, 11) is -2.65. The van der Waals surface area contributed by atoms with Crippen LogP contribution < -0.4 is 16.2 Å². The van der Waals surface area contributed by atoms with Gasteiger partial charge in [0.05, 0.1) is 11.4 Å². The van der Waals surface area contributed by atoms with E-state index in [0.717, 1.165) is 22.0 Å². The van der Waals surface area contributed by atoms with Crippen molar-refractivity contribution in [2.45, 2.75) is 31.7 Å². The molecule has 11 heteroatoms. The summed E-state index contributed by atoms with van der Waals surface area (Å²) in [6.45, 7) is 4.67. The second kappa shape index (κ2) is 11.0. The van der Waals surface area contributed by atoms with Gasteiger partial charge in [-0.05, 0) is 49.2 Å². The SMILES string of the molecule is Cc1ccc(S(=O)(=O)N(C)CC(=O)NNC(=O)[C@@H](NC(=O)c2ccc(F)cc2)C(C)C)cc1. The fourth-order valence-corrected chi connectivity index (χ4v) is 3.91. The topological polar surface area (TPSA) is 125 Å². The number of nitrogens with zero attached hydrogens (tertiary/aromatic N) is 1. The van der Waals surface area contributed by atoms with Crippen LogP contribution in [-0.2, 0) is 19.6 Å². The maximum atomic E-state index is 13.0. The quantitative estimate of drug-likeness (QED) is 0.494. The zero-order chi connectivity index (χ0) is 24.8. The van der Waals surface area contributed by atoms with Crippen LogP contribution in [0.3, 0.4) is 0 Å². The number of carbonyl (C=O) groups is 3. The third-order valence-electron chi connectivity index (χ3n) is 4.76. The number of sulfonamides is 1. The summed E-state index contributed by atoms with van der Waals surface area (Å²) in [5, 5.41) is 2.54. The van der Waals surface area contributed by atoms with Gasteiger partial charge in [0.2, 0.25) is 10.0 Å². The van der Waals surface area contributed by atoms with Gasteiger partial charge >= 0.3 is 0 Å². The summed E-state index contributed by atoms with van der Waals surface area (Å²) in [5.41, 5.74) is 5.42. The zero-order valence-corrected chi connectivity index (χ0v) is 19.6. The Morgan fingerprint density at radius 2 is 1.55 bits per heavy atom. The number of halogens is 1. The van der Waals surface area contributed by atoms with E-state index in [9.17, 15) is 27.2 Å². The molecule has 0 aromatic heterocycles. The minimum atomic E-state index is -3.89. The van der Waals surface area contributed by atoms with E-state index in [2.05, 4.69) is 16.2 Å². The molecule has 2 aromatic carbocycles. The van der Waals surface area contributed by atoms with Gasteiger partial charge in [0.15, 0.2) is 0 Å². The van der Waals surface area contributed by atoms with Crippen molar-refractivity contribution in [3.05, 3.63) is 65.5 Å². The highest BCUT2D eigenvalue weighted by atomic mass is 32.2. The van der Waals surface area contributed by atoms with Crippen molar-refractivity contribution >= 4 is 27.7 Å². The van der Waals surface area contributed by atoms with Crippen LogP contribution in [0.1, 0.15) is 29.8 Å². The van der Waals surface area contributed by atoms with Crippen molar-refractivity contribution in [1.29, 1.82) is 0 Å². The monoisotopic (exact) mass is 478 g/mol. The van der Waals surface area contributed by atoms with Gasteiger partial charge in [-0.15, -0.1) is 0 Å². The molecule has 33 heavy (non-hydrogen) atoms. The lowest BCUT2D eigenvalue weighted by Crippen LogP contribution is -2.55. The van der Waals surface area contributed by atoms with E-state index >= 15 is 0 Å². The number of benzene rings is 2. The molecule has 3 amide bonds. The largest absolute Gasteiger partial charge is 0.340 e. The number of amides is 3. The van der Waals surface area contributed by atoms with E-state index in [4.69, 9.17) is 0 Å². The summed E-state index contributed by atoms with van der Waals surface area (Å²) in [6.07, 6.45) is 0. The first kappa shape index (κ1) is 25.9. The minimum Gasteiger partial charge on any atom is -0.340 e. The number of hydrazine groups is 1. The molecular weight excluding hydrogens is 451 g/mol. The fourth-order valence-electron chi connectivity index (χ4n) is 2.79. The first-order valence-corrected chi connectivity index (χ1v) is 11.5. The molecule has 0 bridgehead atoms. The van der Waals surface area contributed by atoms with Gasteiger partial charge in [0, 0.05) is 12.6 Å². The standard InChI is InChI=1S/C22H27FN4O5S/c1-14(2)20(24-21(29)16-7-9-17(23)10-8-16)22(30)26-25-19(28)13-27(4)33(31,32)18-11-5-15(3)6-12-18/h5-12,14,20H,13H2,1-4H3,(H,24,29)(H,25,28)(H,26,30)/t20-/m0/s1. The van der Waals surface area contributed by atoms with Crippen molar-refractivity contribution < 1.29 is 27.2 Å². The Hall–Kier alpha value is -3.31. The van der Waals surface area contributed by atoms with Crippen molar-refractivity contribution in [2.24, 2.45) is 5.92 Å². The molecule has 3 N–H and O–H groups in total. The molecule has 0 aliphatic carbocycles. The molecular formula is C22H27FN4O5S. The van der Waals surface area contributed by atoms with Gasteiger partial charge in [0.1, 0.15) is 11.9 Å². The highest BCUT2D eigenvalue weighted by Crippen LogP contribution is 2.14. The molecule has 0 saturated carbocycles. The average Bonchev–Trinajstić information content (AvgIpc) is 2.76. The van der Waals surface area contributed by atoms with Crippen molar-refractivity contribution in [2.75, 3.05) is 13.6 Å². The Balaban J connectivity index is 1.95. The Morgan fingerprint density at radius 3 is 2.09 bits per heavy atom. The third kappa shape index (κ3) is 7.09. The van der Waals surface area contributed by atoms with Crippen LogP contribution in [0.2, 0.25) is 0 Å². The molecule has 1 atom stereocenters. The molecule has 9 nitrogen and oxygen atoms in total. The maximum absolute atomic E-state index is 13.0. The highest BCUT2D eigenvalue weighted by Gasteiger charge is 2.26. The summed E-state index contributed by atoms with van der Waals surface area (Å²) in [6, 6.07) is 9.99. The van der Waals surface area contributed by atoms with Crippen LogP contribution in [0.15, 0.2) is 53.4 Å². The Morgan fingerprint density at radius 1 is 0.970 bits per heavy atom. The molecule has 0 aliphatic rings. The van der Waals surface area contributed by atoms with E-state index in [1.807, 2.05) is 6.92 Å². The lowest BCUT2D eigenvalue weighted by atomic mass is 10.0. The van der Waals surface area contributed by atoms with Crippen LogP contribution in [0.25, 0.3) is 0 Å². The van der Waals surface area contributed by atoms with E-state index in [1.54, 1.807) is 26.0 Å². The lowest BCUT2D eigenvalue weighted by molar-refractivity contribution is -0.130. The molecule has 0 unspecified atom stereocenters. The van der Waals surface area contributed by atoms with E-state index in [-0.39, 0.29) is 16.4 Å². The number of nitrogens with one attached hydrogen (secondary N) is 3. The predicted octanol–water partition coefficient (Wildman–Crippen LogP) is 1.36. The van der Waals surface area contributed by atoms with Gasteiger partial charge in [-0.1, -0.05) is 31.5 Å². The molecule has 0 aliphatic heterocycles. The van der Waals surface area contributed by atoms with E-state index in [1.165, 1.54) is 31.3 Å². The molecule has 0 fully saturated rings. The maximum Gasteiger partial charge on any atom is 0.261 e. The number of hydrogen-bond acceptors (Lipinski definition) is 5. The highest BCUT2D eigenvalue weighted by molar-refractivity contribution is 7.89. The Kier molecular flexibility index (Phi) is 8.66. The van der Waals surface area contributed by atoms with Crippen molar-refractivity contribution in [3.8, 4) is 0 Å². The molecule has 178 valence electrons. The van der Waals surface area contributed by atoms with E-state index in [0.29, 0.717) is 0 Å². The van der Waals surface area contributed by atoms with Gasteiger partial charge in [-0.25, -0.2) is 12.8 Å². The first-order valence-electron chi connectivity index (χ1n) is 10.1. The lowest BCUT2D eigenvalue weighted by Gasteiger charge is -2.22. The molecule has 0 radical (unpaired) electrons. The molecule has 0 saturated heterocycles. The predicted molar refractivity (Wildman–Crippen MR) is 120 cm³/mol. The van der Waals surface area contributed by atoms with Crippen molar-refractivity contribution in [3.63, 3.8) is 0 Å². The number of hydrogen-bond donors (Lipinski definition) is 3. The van der Waals surface area contributed by atoms with Gasteiger partial charge in [0.25, 0.3) is 17.7 Å². The van der Waals surface area contributed by atoms with Crippen LogP contribution in [0.4, 0.5) is 4.39 Å². The van der Waals surface area contributed by atoms with Crippen LogP contribution in [0, 0.1) is 18.7 Å². The Bertz CT molecular complexity index is 1100. The smallest absolute Gasteiger partial charge is 0.261 e. The van der Waals surface area contributed by atoms with Gasteiger partial charge < -0.3 is 5.32 Å². The van der Waals surface area contributed by atoms with Crippen molar-refractivity contribution in [1.82, 2.24) is 20.5 Å². The second-order valence-corrected chi connectivity index (χ2v) is 9.86. The molecule has 0 spiro atoms. The fraction of sp³-hybridized carbons (Fsp3) is 0.318. The average molecular weight is 479 g/mol. The number of likely N-dealkylation sites (N-methyl/N-ethyl adjacent to an activating group) is 1. The Labute approximate surface area is 192 Å². The van der Waals surface area contributed by atoms with Crippen LogP contribution in [0.5, 0.6) is 0 Å². The number of aryl methyl sites for hydroxylation is 1. The second-order valence-electron chi connectivity index (χ2n) is 7.81. The summed E-state index contributed by atoms with van der Waals surface area (Å²) >= 11 is 0. The molecule has 0 heterocycles. The van der Waals surface area contributed by atoms with E-state index < -0.39 is 46.1 Å². The first-order chi connectivity index (χ1) is 15.4. The third-order valence-corrected chi connectivity index (χ3v) is 6.58. The van der Waals surface area contributed by atoms with Gasteiger partial charge in [-0.3, -0.25) is 25.2 Å². The zero-order valence-electron chi connectivity index (χ0n) is 18.8. The minimum absolute atomic E-state index is 0.0378. The number of rotatable bonds is 8. The summed E-state index contributed by atoms with van der Waals surface area (Å²) in [5.74, 6) is -2.89. The number of carbonyl (C=O) groups excluding carboxylic acids is 3. The van der Waals surface area contributed by atoms with Crippen LogP contribution >= 0.6 is 0 Å².